The normalized spacial score (nSPS) is 11.3. The highest BCUT2D eigenvalue weighted by Crippen LogP contribution is 2.23. The van der Waals surface area contributed by atoms with Crippen LogP contribution in [0.5, 0.6) is 0 Å². The van der Waals surface area contributed by atoms with Gasteiger partial charge in [0.1, 0.15) is 0 Å². The summed E-state index contributed by atoms with van der Waals surface area (Å²) in [4.78, 5) is 21.9. The first-order valence-corrected chi connectivity index (χ1v) is 8.34. The van der Waals surface area contributed by atoms with E-state index in [2.05, 4.69) is 9.97 Å². The Morgan fingerprint density at radius 2 is 1.92 bits per heavy atom. The van der Waals surface area contributed by atoms with Crippen LogP contribution in [0.2, 0.25) is 0 Å². The Balaban J connectivity index is 1.77. The van der Waals surface area contributed by atoms with Gasteiger partial charge in [-0.3, -0.25) is 14.2 Å². The third-order valence-corrected chi connectivity index (χ3v) is 4.45. The van der Waals surface area contributed by atoms with Gasteiger partial charge in [-0.05, 0) is 23.3 Å². The van der Waals surface area contributed by atoms with E-state index in [0.29, 0.717) is 10.7 Å². The maximum atomic E-state index is 12.5. The van der Waals surface area contributed by atoms with Crippen molar-refractivity contribution in [2.75, 3.05) is 0 Å². The summed E-state index contributed by atoms with van der Waals surface area (Å²) in [6, 6.07) is 15.2. The van der Waals surface area contributed by atoms with Gasteiger partial charge in [-0.1, -0.05) is 42.5 Å². The monoisotopic (exact) mass is 331 g/mol. The molecule has 0 spiro atoms. The summed E-state index contributed by atoms with van der Waals surface area (Å²) in [5, 5.41) is 1.97. The van der Waals surface area contributed by atoms with Gasteiger partial charge in [0.2, 0.25) is 0 Å². The Hall–Kier alpha value is -3.05. The van der Waals surface area contributed by atoms with E-state index in [-0.39, 0.29) is 5.56 Å². The Kier molecular flexibility index (Phi) is 3.76. The molecule has 0 amide bonds. The molecule has 4 aromatic rings. The molecule has 4 nitrogen and oxygen atoms in total. The fourth-order valence-corrected chi connectivity index (χ4v) is 3.40. The van der Waals surface area contributed by atoms with Crippen molar-refractivity contribution >= 4 is 28.4 Å². The van der Waals surface area contributed by atoms with Gasteiger partial charge in [0.25, 0.3) is 5.56 Å². The van der Waals surface area contributed by atoms with Crippen LogP contribution in [0.15, 0.2) is 71.1 Å². The summed E-state index contributed by atoms with van der Waals surface area (Å²) in [7, 11) is 0. The number of pyridine rings is 1. The van der Waals surface area contributed by atoms with Gasteiger partial charge in [-0.15, -0.1) is 11.3 Å². The highest BCUT2D eigenvalue weighted by Gasteiger charge is 2.09. The van der Waals surface area contributed by atoms with Crippen molar-refractivity contribution in [2.24, 2.45) is 0 Å². The Bertz CT molecular complexity index is 1070. The van der Waals surface area contributed by atoms with Crippen LogP contribution in [0.4, 0.5) is 0 Å². The lowest BCUT2D eigenvalue weighted by Gasteiger charge is -2.01. The molecule has 4 rings (SSSR count). The standard InChI is InChI=1S/C19H13N3OS/c23-18-11-16(9-8-14-5-4-10-20-12-14)21-19-22(18)17(13-24-19)15-6-2-1-3-7-15/h1-13H/b9-8+. The number of rotatable bonds is 3. The van der Waals surface area contributed by atoms with Crippen molar-refractivity contribution < 1.29 is 0 Å². The van der Waals surface area contributed by atoms with Gasteiger partial charge >= 0.3 is 0 Å². The first-order chi connectivity index (χ1) is 11.8. The van der Waals surface area contributed by atoms with Crippen LogP contribution in [0.25, 0.3) is 28.4 Å². The van der Waals surface area contributed by atoms with Crippen LogP contribution in [0.1, 0.15) is 11.3 Å². The van der Waals surface area contributed by atoms with E-state index in [9.17, 15) is 4.79 Å². The van der Waals surface area contributed by atoms with Gasteiger partial charge < -0.3 is 0 Å². The number of fused-ring (bicyclic) bond motifs is 1. The smallest absolute Gasteiger partial charge is 0.259 e. The molecule has 0 atom stereocenters. The molecule has 0 radical (unpaired) electrons. The zero-order chi connectivity index (χ0) is 16.4. The van der Waals surface area contributed by atoms with E-state index in [4.69, 9.17) is 0 Å². The lowest BCUT2D eigenvalue weighted by molar-refractivity contribution is 1.08. The first-order valence-electron chi connectivity index (χ1n) is 7.46. The summed E-state index contributed by atoms with van der Waals surface area (Å²) in [5.41, 5.74) is 3.41. The lowest BCUT2D eigenvalue weighted by atomic mass is 10.2. The summed E-state index contributed by atoms with van der Waals surface area (Å²) in [6.07, 6.45) is 7.22. The van der Waals surface area contributed by atoms with E-state index >= 15 is 0 Å². The topological polar surface area (TPSA) is 47.3 Å². The van der Waals surface area contributed by atoms with Crippen LogP contribution in [-0.2, 0) is 0 Å². The summed E-state index contributed by atoms with van der Waals surface area (Å²) in [6.45, 7) is 0. The largest absolute Gasteiger partial charge is 0.269 e. The second kappa shape index (κ2) is 6.22. The molecular formula is C19H13N3OS. The molecule has 1 aromatic carbocycles. The molecule has 0 N–H and O–H groups in total. The van der Waals surface area contributed by atoms with Gasteiger partial charge in [0.05, 0.1) is 11.4 Å². The zero-order valence-corrected chi connectivity index (χ0v) is 13.5. The fraction of sp³-hybridized carbons (Fsp3) is 0. The molecule has 0 unspecified atom stereocenters. The summed E-state index contributed by atoms with van der Waals surface area (Å²) >= 11 is 1.46. The van der Waals surface area contributed by atoms with Crippen molar-refractivity contribution in [2.45, 2.75) is 0 Å². The highest BCUT2D eigenvalue weighted by atomic mass is 32.1. The first kappa shape index (κ1) is 14.5. The van der Waals surface area contributed by atoms with Crippen molar-refractivity contribution in [3.05, 3.63) is 87.9 Å². The Morgan fingerprint density at radius 3 is 2.71 bits per heavy atom. The van der Waals surface area contributed by atoms with Gasteiger partial charge in [-0.25, -0.2) is 4.98 Å². The van der Waals surface area contributed by atoms with Crippen LogP contribution in [-0.4, -0.2) is 14.4 Å². The number of nitrogens with zero attached hydrogens (tertiary/aromatic N) is 3. The quantitative estimate of drug-likeness (QED) is 0.570. The molecule has 0 aliphatic rings. The minimum atomic E-state index is -0.0778. The number of aromatic nitrogens is 3. The molecule has 0 fully saturated rings. The number of hydrogen-bond acceptors (Lipinski definition) is 4. The molecule has 24 heavy (non-hydrogen) atoms. The predicted molar refractivity (Wildman–Crippen MR) is 97.9 cm³/mol. The second-order valence-electron chi connectivity index (χ2n) is 5.24. The van der Waals surface area contributed by atoms with E-state index in [0.717, 1.165) is 16.8 Å². The summed E-state index contributed by atoms with van der Waals surface area (Å²) in [5.74, 6) is 0. The minimum Gasteiger partial charge on any atom is -0.269 e. The molecule has 3 aromatic heterocycles. The molecule has 0 saturated heterocycles. The molecule has 0 aliphatic carbocycles. The average molecular weight is 331 g/mol. The third-order valence-electron chi connectivity index (χ3n) is 3.63. The summed E-state index contributed by atoms with van der Waals surface area (Å²) < 4.78 is 1.65. The molecule has 3 heterocycles. The number of hydrogen-bond donors (Lipinski definition) is 0. The third kappa shape index (κ3) is 2.77. The predicted octanol–water partition coefficient (Wildman–Crippen LogP) is 3.99. The Morgan fingerprint density at radius 1 is 1.04 bits per heavy atom. The molecule has 0 bridgehead atoms. The van der Waals surface area contributed by atoms with Crippen molar-refractivity contribution in [1.82, 2.24) is 14.4 Å². The minimum absolute atomic E-state index is 0.0778. The lowest BCUT2D eigenvalue weighted by Crippen LogP contribution is -2.13. The Labute approximate surface area is 142 Å². The molecular weight excluding hydrogens is 318 g/mol. The van der Waals surface area contributed by atoms with Crippen LogP contribution < -0.4 is 5.56 Å². The van der Waals surface area contributed by atoms with E-state index in [1.165, 1.54) is 11.3 Å². The van der Waals surface area contributed by atoms with Crippen molar-refractivity contribution in [3.8, 4) is 11.3 Å². The highest BCUT2D eigenvalue weighted by molar-refractivity contribution is 7.15. The molecule has 5 heteroatoms. The maximum absolute atomic E-state index is 12.5. The zero-order valence-electron chi connectivity index (χ0n) is 12.7. The number of thiazole rings is 1. The molecule has 116 valence electrons. The van der Waals surface area contributed by atoms with Crippen molar-refractivity contribution in [1.29, 1.82) is 0 Å². The van der Waals surface area contributed by atoms with Crippen LogP contribution >= 0.6 is 11.3 Å². The average Bonchev–Trinajstić information content (AvgIpc) is 3.06. The fourth-order valence-electron chi connectivity index (χ4n) is 2.49. The van der Waals surface area contributed by atoms with Gasteiger partial charge in [0, 0.05) is 23.8 Å². The van der Waals surface area contributed by atoms with E-state index in [1.807, 2.05) is 60.0 Å². The second-order valence-corrected chi connectivity index (χ2v) is 6.08. The van der Waals surface area contributed by atoms with Crippen LogP contribution in [0.3, 0.4) is 0 Å². The van der Waals surface area contributed by atoms with Gasteiger partial charge in [-0.2, -0.15) is 0 Å². The molecule has 0 saturated carbocycles. The van der Waals surface area contributed by atoms with Crippen molar-refractivity contribution in [3.63, 3.8) is 0 Å². The molecule has 0 aliphatic heterocycles. The van der Waals surface area contributed by atoms with E-state index < -0.39 is 0 Å². The van der Waals surface area contributed by atoms with E-state index in [1.54, 1.807) is 22.9 Å². The van der Waals surface area contributed by atoms with Crippen LogP contribution in [0, 0.1) is 0 Å². The van der Waals surface area contributed by atoms with Gasteiger partial charge in [0.15, 0.2) is 4.96 Å². The SMILES string of the molecule is O=c1cc(/C=C/c2cccnc2)nc2scc(-c3ccccc3)n12. The number of benzene rings is 1. The maximum Gasteiger partial charge on any atom is 0.259 e.